The third-order valence-corrected chi connectivity index (χ3v) is 3.18. The molecule has 0 bridgehead atoms. The normalized spacial score (nSPS) is 17.7. The van der Waals surface area contributed by atoms with Crippen molar-refractivity contribution in [2.75, 3.05) is 19.7 Å². The van der Waals surface area contributed by atoms with E-state index in [1.807, 2.05) is 0 Å². The Morgan fingerprint density at radius 3 is 2.33 bits per heavy atom. The van der Waals surface area contributed by atoms with Gasteiger partial charge in [-0.15, -0.1) is 0 Å². The summed E-state index contributed by atoms with van der Waals surface area (Å²) in [5.74, 6) is 0. The van der Waals surface area contributed by atoms with E-state index in [4.69, 9.17) is 10.8 Å². The minimum Gasteiger partial charge on any atom is -0.395 e. The molecule has 0 radical (unpaired) electrons. The average molecular weight is 206 g/mol. The van der Waals surface area contributed by atoms with E-state index in [0.29, 0.717) is 13.1 Å². The highest BCUT2D eigenvalue weighted by Crippen LogP contribution is 2.29. The van der Waals surface area contributed by atoms with Crippen molar-refractivity contribution >= 4 is 0 Å². The first-order valence-electron chi connectivity index (χ1n) is 5.42. The largest absolute Gasteiger partial charge is 0.395 e. The second-order valence-corrected chi connectivity index (χ2v) is 4.26. The van der Waals surface area contributed by atoms with E-state index in [-0.39, 0.29) is 12.1 Å². The molecule has 15 heavy (non-hydrogen) atoms. The SMILES string of the molecule is NCC1(NCCO)Cc2ccccc2C1. The number of fused-ring (bicyclic) bond motifs is 1. The van der Waals surface area contributed by atoms with Crippen molar-refractivity contribution in [3.63, 3.8) is 0 Å². The highest BCUT2D eigenvalue weighted by molar-refractivity contribution is 5.36. The number of rotatable bonds is 4. The monoisotopic (exact) mass is 206 g/mol. The van der Waals surface area contributed by atoms with Crippen LogP contribution in [0.25, 0.3) is 0 Å². The van der Waals surface area contributed by atoms with Crippen LogP contribution in [0.2, 0.25) is 0 Å². The molecule has 82 valence electrons. The van der Waals surface area contributed by atoms with Gasteiger partial charge in [0.1, 0.15) is 0 Å². The van der Waals surface area contributed by atoms with Gasteiger partial charge in [-0.3, -0.25) is 0 Å². The third kappa shape index (κ3) is 2.04. The quantitative estimate of drug-likeness (QED) is 0.653. The molecule has 1 aromatic rings. The topological polar surface area (TPSA) is 58.3 Å². The van der Waals surface area contributed by atoms with E-state index in [1.54, 1.807) is 0 Å². The predicted octanol–water partition coefficient (Wildman–Crippen LogP) is 0.0646. The molecule has 0 unspecified atom stereocenters. The van der Waals surface area contributed by atoms with E-state index in [1.165, 1.54) is 11.1 Å². The Balaban J connectivity index is 2.14. The summed E-state index contributed by atoms with van der Waals surface area (Å²) in [6.45, 7) is 1.39. The van der Waals surface area contributed by atoms with Gasteiger partial charge in [0.2, 0.25) is 0 Å². The zero-order valence-corrected chi connectivity index (χ0v) is 8.87. The molecule has 0 saturated carbocycles. The Bertz CT molecular complexity index is 313. The zero-order chi connectivity index (χ0) is 10.7. The Hall–Kier alpha value is -0.900. The summed E-state index contributed by atoms with van der Waals surface area (Å²) in [6.07, 6.45) is 1.94. The molecule has 0 aromatic heterocycles. The van der Waals surface area contributed by atoms with Crippen LogP contribution in [0, 0.1) is 0 Å². The van der Waals surface area contributed by atoms with Crippen LogP contribution in [0.4, 0.5) is 0 Å². The summed E-state index contributed by atoms with van der Waals surface area (Å²) >= 11 is 0. The van der Waals surface area contributed by atoms with Gasteiger partial charge in [0.15, 0.2) is 0 Å². The van der Waals surface area contributed by atoms with Crippen LogP contribution >= 0.6 is 0 Å². The maximum absolute atomic E-state index is 8.85. The molecule has 4 N–H and O–H groups in total. The first-order valence-corrected chi connectivity index (χ1v) is 5.42. The van der Waals surface area contributed by atoms with E-state index in [0.717, 1.165) is 12.8 Å². The number of nitrogens with two attached hydrogens (primary N) is 1. The van der Waals surface area contributed by atoms with Crippen molar-refractivity contribution in [2.24, 2.45) is 5.73 Å². The maximum atomic E-state index is 8.85. The summed E-state index contributed by atoms with van der Waals surface area (Å²) in [6, 6.07) is 8.45. The van der Waals surface area contributed by atoms with Gasteiger partial charge in [0.25, 0.3) is 0 Å². The Morgan fingerprint density at radius 1 is 1.27 bits per heavy atom. The second kappa shape index (κ2) is 4.31. The van der Waals surface area contributed by atoms with Crippen LogP contribution in [-0.4, -0.2) is 30.3 Å². The summed E-state index contributed by atoms with van der Waals surface area (Å²) in [5, 5.41) is 12.2. The Morgan fingerprint density at radius 2 is 1.87 bits per heavy atom. The Labute approximate surface area is 90.3 Å². The smallest absolute Gasteiger partial charge is 0.0556 e. The molecule has 1 aromatic carbocycles. The number of β-amino-alcohol motifs (C(OH)–C–C–N with tert-alkyl or cyclic N) is 1. The molecule has 0 saturated heterocycles. The number of hydrogen-bond acceptors (Lipinski definition) is 3. The molecular formula is C12H18N2O. The lowest BCUT2D eigenvalue weighted by Gasteiger charge is -2.28. The minimum atomic E-state index is -0.0353. The molecule has 0 heterocycles. The van der Waals surface area contributed by atoms with Crippen LogP contribution in [0.1, 0.15) is 11.1 Å². The van der Waals surface area contributed by atoms with Crippen LogP contribution in [0.15, 0.2) is 24.3 Å². The molecule has 0 atom stereocenters. The lowest BCUT2D eigenvalue weighted by Crippen LogP contribution is -2.53. The van der Waals surface area contributed by atoms with Crippen molar-refractivity contribution in [1.29, 1.82) is 0 Å². The van der Waals surface area contributed by atoms with Gasteiger partial charge in [-0.25, -0.2) is 0 Å². The zero-order valence-electron chi connectivity index (χ0n) is 8.87. The summed E-state index contributed by atoms with van der Waals surface area (Å²) in [7, 11) is 0. The van der Waals surface area contributed by atoms with Gasteiger partial charge in [-0.2, -0.15) is 0 Å². The highest BCUT2D eigenvalue weighted by atomic mass is 16.3. The van der Waals surface area contributed by atoms with Gasteiger partial charge < -0.3 is 16.2 Å². The number of aliphatic hydroxyl groups excluding tert-OH is 1. The van der Waals surface area contributed by atoms with E-state index in [9.17, 15) is 0 Å². The van der Waals surface area contributed by atoms with E-state index in [2.05, 4.69) is 29.6 Å². The fourth-order valence-corrected chi connectivity index (χ4v) is 2.36. The summed E-state index contributed by atoms with van der Waals surface area (Å²) in [5.41, 5.74) is 8.58. The lowest BCUT2D eigenvalue weighted by molar-refractivity contribution is 0.256. The van der Waals surface area contributed by atoms with Crippen LogP contribution in [-0.2, 0) is 12.8 Å². The third-order valence-electron chi connectivity index (χ3n) is 3.18. The molecule has 2 rings (SSSR count). The van der Waals surface area contributed by atoms with Crippen LogP contribution in [0.3, 0.4) is 0 Å². The summed E-state index contributed by atoms with van der Waals surface area (Å²) < 4.78 is 0. The van der Waals surface area contributed by atoms with Gasteiger partial charge in [-0.1, -0.05) is 24.3 Å². The predicted molar refractivity (Wildman–Crippen MR) is 60.7 cm³/mol. The average Bonchev–Trinajstić information content (AvgIpc) is 2.65. The highest BCUT2D eigenvalue weighted by Gasteiger charge is 2.34. The van der Waals surface area contributed by atoms with Gasteiger partial charge in [0, 0.05) is 18.6 Å². The van der Waals surface area contributed by atoms with Crippen LogP contribution < -0.4 is 11.1 Å². The first kappa shape index (κ1) is 10.6. The van der Waals surface area contributed by atoms with Crippen molar-refractivity contribution in [2.45, 2.75) is 18.4 Å². The Kier molecular flexibility index (Phi) is 3.05. The van der Waals surface area contributed by atoms with Crippen molar-refractivity contribution in [3.8, 4) is 0 Å². The van der Waals surface area contributed by atoms with E-state index >= 15 is 0 Å². The number of hydrogen-bond donors (Lipinski definition) is 3. The van der Waals surface area contributed by atoms with Crippen LogP contribution in [0.5, 0.6) is 0 Å². The fraction of sp³-hybridized carbons (Fsp3) is 0.500. The van der Waals surface area contributed by atoms with Gasteiger partial charge in [0.05, 0.1) is 6.61 Å². The second-order valence-electron chi connectivity index (χ2n) is 4.26. The molecule has 0 spiro atoms. The van der Waals surface area contributed by atoms with Crippen molar-refractivity contribution < 1.29 is 5.11 Å². The molecule has 0 amide bonds. The maximum Gasteiger partial charge on any atom is 0.0556 e. The first-order chi connectivity index (χ1) is 7.29. The van der Waals surface area contributed by atoms with Crippen molar-refractivity contribution in [3.05, 3.63) is 35.4 Å². The molecule has 0 aliphatic heterocycles. The molecule has 0 fully saturated rings. The summed E-state index contributed by atoms with van der Waals surface area (Å²) in [4.78, 5) is 0. The van der Waals surface area contributed by atoms with Crippen molar-refractivity contribution in [1.82, 2.24) is 5.32 Å². The van der Waals surface area contributed by atoms with Gasteiger partial charge in [-0.05, 0) is 24.0 Å². The molecule has 1 aliphatic carbocycles. The fourth-order valence-electron chi connectivity index (χ4n) is 2.36. The molecule has 3 heteroatoms. The van der Waals surface area contributed by atoms with Gasteiger partial charge >= 0.3 is 0 Å². The lowest BCUT2D eigenvalue weighted by atomic mass is 9.96. The number of nitrogens with one attached hydrogen (secondary N) is 1. The molecule has 3 nitrogen and oxygen atoms in total. The van der Waals surface area contributed by atoms with E-state index < -0.39 is 0 Å². The molecular weight excluding hydrogens is 188 g/mol. The number of aliphatic hydroxyl groups is 1. The number of benzene rings is 1. The molecule has 1 aliphatic rings. The minimum absolute atomic E-state index is 0.0353. The standard InChI is InChI=1S/C12H18N2O/c13-9-12(14-5-6-15)7-10-3-1-2-4-11(10)8-12/h1-4,14-15H,5-9,13H2.